The molecule has 1 unspecified atom stereocenters. The van der Waals surface area contributed by atoms with Crippen LogP contribution in [-0.4, -0.2) is 25.0 Å². The molecular formula is C16H24N2OS. The van der Waals surface area contributed by atoms with Crippen LogP contribution in [0.3, 0.4) is 0 Å². The van der Waals surface area contributed by atoms with E-state index in [0.717, 1.165) is 25.9 Å². The topological polar surface area (TPSA) is 41.1 Å². The zero-order valence-corrected chi connectivity index (χ0v) is 12.8. The fourth-order valence-electron chi connectivity index (χ4n) is 3.61. The molecule has 3 rings (SSSR count). The Morgan fingerprint density at radius 1 is 1.35 bits per heavy atom. The molecule has 20 heavy (non-hydrogen) atoms. The molecule has 0 bridgehead atoms. The SMILES string of the molecule is O=C(NCC1(c2cccs2)CCCCC1)C1CCCN1. The van der Waals surface area contributed by atoms with Gasteiger partial charge in [-0.25, -0.2) is 0 Å². The Morgan fingerprint density at radius 2 is 2.20 bits per heavy atom. The third-order valence-corrected chi connectivity index (χ3v) is 5.95. The van der Waals surface area contributed by atoms with Crippen LogP contribution in [0.15, 0.2) is 17.5 Å². The van der Waals surface area contributed by atoms with Crippen molar-refractivity contribution in [1.29, 1.82) is 0 Å². The molecule has 1 aliphatic carbocycles. The molecule has 2 aliphatic rings. The van der Waals surface area contributed by atoms with E-state index in [4.69, 9.17) is 0 Å². The van der Waals surface area contributed by atoms with Gasteiger partial charge in [0.2, 0.25) is 5.91 Å². The van der Waals surface area contributed by atoms with Crippen molar-refractivity contribution >= 4 is 17.2 Å². The average Bonchev–Trinajstić information content (AvgIpc) is 3.18. The van der Waals surface area contributed by atoms with E-state index >= 15 is 0 Å². The van der Waals surface area contributed by atoms with Crippen LogP contribution < -0.4 is 10.6 Å². The number of amides is 1. The number of hydrogen-bond acceptors (Lipinski definition) is 3. The van der Waals surface area contributed by atoms with Gasteiger partial charge in [0.1, 0.15) is 0 Å². The van der Waals surface area contributed by atoms with Crippen molar-refractivity contribution in [2.45, 2.75) is 56.4 Å². The van der Waals surface area contributed by atoms with Crippen molar-refractivity contribution in [2.75, 3.05) is 13.1 Å². The van der Waals surface area contributed by atoms with Gasteiger partial charge in [0.25, 0.3) is 0 Å². The van der Waals surface area contributed by atoms with Crippen LogP contribution in [0.5, 0.6) is 0 Å². The highest BCUT2D eigenvalue weighted by Crippen LogP contribution is 2.41. The van der Waals surface area contributed by atoms with E-state index in [1.165, 1.54) is 37.0 Å². The molecule has 1 aromatic rings. The highest BCUT2D eigenvalue weighted by atomic mass is 32.1. The lowest BCUT2D eigenvalue weighted by molar-refractivity contribution is -0.123. The summed E-state index contributed by atoms with van der Waals surface area (Å²) in [4.78, 5) is 13.7. The molecule has 2 N–H and O–H groups in total. The Bertz CT molecular complexity index is 431. The minimum absolute atomic E-state index is 0.0407. The highest BCUT2D eigenvalue weighted by molar-refractivity contribution is 7.10. The van der Waals surface area contributed by atoms with Crippen LogP contribution in [0.4, 0.5) is 0 Å². The minimum Gasteiger partial charge on any atom is -0.354 e. The summed E-state index contributed by atoms with van der Waals surface area (Å²) in [7, 11) is 0. The smallest absolute Gasteiger partial charge is 0.237 e. The standard InChI is InChI=1S/C16H24N2OS/c19-15(13-6-4-10-17-13)18-12-16(8-2-1-3-9-16)14-7-5-11-20-14/h5,7,11,13,17H,1-4,6,8-10,12H2,(H,18,19). The molecule has 0 spiro atoms. The fourth-order valence-corrected chi connectivity index (χ4v) is 4.59. The molecular weight excluding hydrogens is 268 g/mol. The lowest BCUT2D eigenvalue weighted by Gasteiger charge is -2.37. The monoisotopic (exact) mass is 292 g/mol. The Kier molecular flexibility index (Phi) is 4.41. The summed E-state index contributed by atoms with van der Waals surface area (Å²) in [6.45, 7) is 1.79. The normalized spacial score (nSPS) is 25.5. The van der Waals surface area contributed by atoms with Gasteiger partial charge in [0.15, 0.2) is 0 Å². The van der Waals surface area contributed by atoms with E-state index in [1.807, 2.05) is 11.3 Å². The fraction of sp³-hybridized carbons (Fsp3) is 0.688. The second-order valence-electron chi connectivity index (χ2n) is 6.19. The van der Waals surface area contributed by atoms with Crippen LogP contribution in [0.25, 0.3) is 0 Å². The van der Waals surface area contributed by atoms with Gasteiger partial charge in [-0.1, -0.05) is 25.3 Å². The van der Waals surface area contributed by atoms with Gasteiger partial charge < -0.3 is 10.6 Å². The second-order valence-corrected chi connectivity index (χ2v) is 7.13. The summed E-state index contributed by atoms with van der Waals surface area (Å²) in [5.74, 6) is 0.198. The molecule has 2 heterocycles. The summed E-state index contributed by atoms with van der Waals surface area (Å²) >= 11 is 1.85. The number of hydrogen-bond donors (Lipinski definition) is 2. The molecule has 1 atom stereocenters. The number of rotatable bonds is 4. The Labute approximate surface area is 125 Å². The molecule has 0 radical (unpaired) electrons. The molecule has 0 aromatic carbocycles. The van der Waals surface area contributed by atoms with Gasteiger partial charge in [0, 0.05) is 16.8 Å². The van der Waals surface area contributed by atoms with Gasteiger partial charge in [-0.3, -0.25) is 4.79 Å². The molecule has 1 aliphatic heterocycles. The first-order valence-electron chi connectivity index (χ1n) is 7.85. The molecule has 1 saturated heterocycles. The predicted octanol–water partition coefficient (Wildman–Crippen LogP) is 2.82. The minimum atomic E-state index is 0.0407. The predicted molar refractivity (Wildman–Crippen MR) is 83.1 cm³/mol. The molecule has 3 nitrogen and oxygen atoms in total. The van der Waals surface area contributed by atoms with Gasteiger partial charge in [-0.15, -0.1) is 11.3 Å². The van der Waals surface area contributed by atoms with E-state index < -0.39 is 0 Å². The molecule has 4 heteroatoms. The maximum atomic E-state index is 12.2. The lowest BCUT2D eigenvalue weighted by atomic mass is 9.73. The Morgan fingerprint density at radius 3 is 2.85 bits per heavy atom. The number of carbonyl (C=O) groups is 1. The maximum Gasteiger partial charge on any atom is 0.237 e. The first-order chi connectivity index (χ1) is 9.80. The van der Waals surface area contributed by atoms with Crippen molar-refractivity contribution in [3.63, 3.8) is 0 Å². The third kappa shape index (κ3) is 2.91. The summed E-state index contributed by atoms with van der Waals surface area (Å²) < 4.78 is 0. The third-order valence-electron chi connectivity index (χ3n) is 4.83. The molecule has 1 saturated carbocycles. The lowest BCUT2D eigenvalue weighted by Crippen LogP contribution is -2.47. The number of carbonyl (C=O) groups excluding carboxylic acids is 1. The summed E-state index contributed by atoms with van der Waals surface area (Å²) in [5, 5.41) is 8.67. The van der Waals surface area contributed by atoms with Gasteiger partial charge in [-0.05, 0) is 43.7 Å². The van der Waals surface area contributed by atoms with Crippen molar-refractivity contribution in [3.8, 4) is 0 Å². The summed E-state index contributed by atoms with van der Waals surface area (Å²) in [5.41, 5.74) is 0.195. The van der Waals surface area contributed by atoms with E-state index in [9.17, 15) is 4.79 Å². The van der Waals surface area contributed by atoms with Crippen LogP contribution in [0.2, 0.25) is 0 Å². The quantitative estimate of drug-likeness (QED) is 0.896. The van der Waals surface area contributed by atoms with Crippen LogP contribution >= 0.6 is 11.3 Å². The second kappa shape index (κ2) is 6.27. The van der Waals surface area contributed by atoms with Crippen LogP contribution in [0.1, 0.15) is 49.8 Å². The van der Waals surface area contributed by atoms with Crippen molar-refractivity contribution < 1.29 is 4.79 Å². The first kappa shape index (κ1) is 14.1. The van der Waals surface area contributed by atoms with Crippen LogP contribution in [-0.2, 0) is 10.2 Å². The summed E-state index contributed by atoms with van der Waals surface area (Å²) in [6, 6.07) is 4.42. The van der Waals surface area contributed by atoms with Gasteiger partial charge in [-0.2, -0.15) is 0 Å². The molecule has 2 fully saturated rings. The average molecular weight is 292 g/mol. The van der Waals surface area contributed by atoms with E-state index in [2.05, 4.69) is 28.1 Å². The van der Waals surface area contributed by atoms with Crippen LogP contribution in [0, 0.1) is 0 Å². The van der Waals surface area contributed by atoms with Crippen molar-refractivity contribution in [3.05, 3.63) is 22.4 Å². The van der Waals surface area contributed by atoms with Crippen molar-refractivity contribution in [1.82, 2.24) is 10.6 Å². The number of thiophene rings is 1. The highest BCUT2D eigenvalue weighted by Gasteiger charge is 2.35. The van der Waals surface area contributed by atoms with E-state index in [-0.39, 0.29) is 17.4 Å². The zero-order valence-electron chi connectivity index (χ0n) is 12.0. The molecule has 1 aromatic heterocycles. The van der Waals surface area contributed by atoms with Gasteiger partial charge in [0.05, 0.1) is 6.04 Å². The van der Waals surface area contributed by atoms with E-state index in [0.29, 0.717) is 0 Å². The molecule has 1 amide bonds. The van der Waals surface area contributed by atoms with E-state index in [1.54, 1.807) is 0 Å². The Balaban J connectivity index is 1.66. The molecule has 110 valence electrons. The zero-order chi connectivity index (χ0) is 13.8. The number of nitrogens with one attached hydrogen (secondary N) is 2. The van der Waals surface area contributed by atoms with Gasteiger partial charge >= 0.3 is 0 Å². The summed E-state index contributed by atoms with van der Waals surface area (Å²) in [6.07, 6.45) is 8.44. The largest absolute Gasteiger partial charge is 0.354 e. The van der Waals surface area contributed by atoms with Crippen molar-refractivity contribution in [2.24, 2.45) is 0 Å². The maximum absolute atomic E-state index is 12.2. The first-order valence-corrected chi connectivity index (χ1v) is 8.73. The Hall–Kier alpha value is -0.870.